The molecule has 1 fully saturated rings. The maximum atomic E-state index is 14.0. The van der Waals surface area contributed by atoms with Crippen LogP contribution in [0.4, 0.5) is 4.39 Å². The van der Waals surface area contributed by atoms with Crippen LogP contribution < -0.4 is 10.2 Å². The molecule has 1 aromatic carbocycles. The molecular formula is C24H23FN6O2. The second-order valence-electron chi connectivity index (χ2n) is 8.44. The molecule has 1 N–H and O–H groups in total. The van der Waals surface area contributed by atoms with Gasteiger partial charge in [0.2, 0.25) is 5.88 Å². The monoisotopic (exact) mass is 446 g/mol. The zero-order valence-corrected chi connectivity index (χ0v) is 18.3. The Labute approximate surface area is 189 Å². The summed E-state index contributed by atoms with van der Waals surface area (Å²) in [5.41, 5.74) is 7.11. The van der Waals surface area contributed by atoms with Gasteiger partial charge in [-0.05, 0) is 50.1 Å². The van der Waals surface area contributed by atoms with Crippen molar-refractivity contribution < 1.29 is 14.0 Å². The Kier molecular flexibility index (Phi) is 4.65. The number of pyridine rings is 1. The van der Waals surface area contributed by atoms with Gasteiger partial charge in [0, 0.05) is 29.4 Å². The molecule has 1 unspecified atom stereocenters. The number of amidine groups is 1. The predicted molar refractivity (Wildman–Crippen MR) is 121 cm³/mol. The van der Waals surface area contributed by atoms with Crippen LogP contribution in [0.3, 0.4) is 0 Å². The van der Waals surface area contributed by atoms with Gasteiger partial charge in [-0.15, -0.1) is 0 Å². The lowest BCUT2D eigenvalue weighted by molar-refractivity contribution is 0.0623. The van der Waals surface area contributed by atoms with Crippen LogP contribution in [0.1, 0.15) is 41.9 Å². The van der Waals surface area contributed by atoms with Gasteiger partial charge in [-0.1, -0.05) is 0 Å². The molecule has 0 radical (unpaired) electrons. The third kappa shape index (κ3) is 3.54. The van der Waals surface area contributed by atoms with Crippen LogP contribution in [0.15, 0.2) is 54.0 Å². The number of hydrogen-bond donors (Lipinski definition) is 1. The molecule has 8 nitrogen and oxygen atoms in total. The van der Waals surface area contributed by atoms with Gasteiger partial charge < -0.3 is 13.9 Å². The van der Waals surface area contributed by atoms with Crippen LogP contribution in [-0.4, -0.2) is 38.7 Å². The van der Waals surface area contributed by atoms with Crippen LogP contribution in [0.25, 0.3) is 16.6 Å². The molecule has 0 saturated heterocycles. The molecule has 0 bridgehead atoms. The van der Waals surface area contributed by atoms with Crippen molar-refractivity contribution in [3.8, 4) is 11.6 Å². The molecule has 1 aliphatic heterocycles. The molecule has 3 aromatic heterocycles. The molecule has 2 aliphatic rings. The number of benzene rings is 1. The summed E-state index contributed by atoms with van der Waals surface area (Å²) in [7, 11) is 1.58. The van der Waals surface area contributed by atoms with Gasteiger partial charge in [-0.25, -0.2) is 19.8 Å². The lowest BCUT2D eigenvalue weighted by atomic mass is 10.1. The highest BCUT2D eigenvalue weighted by Gasteiger charge is 2.29. The second kappa shape index (κ2) is 7.70. The van der Waals surface area contributed by atoms with Crippen molar-refractivity contribution in [1.29, 1.82) is 0 Å². The van der Waals surface area contributed by atoms with Crippen LogP contribution in [-0.2, 0) is 4.84 Å². The standard InChI is InChI=1S/C24H23FN6O2/c1-14-10-30(13-26-14)21-8-7-19(28-24(21)32-2)23-27-20(12-33-29-23)18-11-31(16-4-5-16)22-9-15(25)3-6-17(18)22/h3,6-11,13,16,20H,4-5,12H2,1-2H3,(H,27,29). The molecular weight excluding hydrogens is 423 g/mol. The number of imidazole rings is 1. The van der Waals surface area contributed by atoms with Gasteiger partial charge >= 0.3 is 0 Å². The first-order chi connectivity index (χ1) is 16.1. The predicted octanol–water partition coefficient (Wildman–Crippen LogP) is 4.04. The first kappa shape index (κ1) is 19.9. The smallest absolute Gasteiger partial charge is 0.238 e. The van der Waals surface area contributed by atoms with E-state index in [4.69, 9.17) is 14.6 Å². The second-order valence-corrected chi connectivity index (χ2v) is 8.44. The highest BCUT2D eigenvalue weighted by Crippen LogP contribution is 2.41. The molecule has 0 amide bonds. The molecule has 1 saturated carbocycles. The number of nitrogens with one attached hydrogen (secondary N) is 1. The van der Waals surface area contributed by atoms with Gasteiger partial charge in [-0.3, -0.25) is 9.83 Å². The lowest BCUT2D eigenvalue weighted by Crippen LogP contribution is -2.33. The molecule has 4 aromatic rings. The number of nitrogens with zero attached hydrogens (tertiary/aromatic N) is 5. The quantitative estimate of drug-likeness (QED) is 0.501. The minimum Gasteiger partial charge on any atom is -0.479 e. The zero-order valence-electron chi connectivity index (χ0n) is 18.3. The van der Waals surface area contributed by atoms with E-state index in [-0.39, 0.29) is 11.9 Å². The number of aryl methyl sites for hydroxylation is 1. The number of fused-ring (bicyclic) bond motifs is 1. The average molecular weight is 446 g/mol. The third-order valence-electron chi connectivity index (χ3n) is 6.09. The number of ether oxygens (including phenoxy) is 1. The maximum Gasteiger partial charge on any atom is 0.238 e. The molecule has 0 spiro atoms. The van der Waals surface area contributed by atoms with Crippen molar-refractivity contribution in [2.45, 2.75) is 31.8 Å². The average Bonchev–Trinajstić information content (AvgIpc) is 3.48. The number of hydroxylamine groups is 1. The first-order valence-corrected chi connectivity index (χ1v) is 10.9. The summed E-state index contributed by atoms with van der Waals surface area (Å²) < 4.78 is 23.5. The molecule has 33 heavy (non-hydrogen) atoms. The van der Waals surface area contributed by atoms with Gasteiger partial charge in [0.25, 0.3) is 0 Å². The SMILES string of the molecule is COc1nc(C2=NC(c3cn(C4CC4)c4cc(F)ccc34)CON2)ccc1-n1cnc(C)c1. The Morgan fingerprint density at radius 2 is 2.06 bits per heavy atom. The normalized spacial score (nSPS) is 18.3. The molecule has 9 heteroatoms. The maximum absolute atomic E-state index is 14.0. The van der Waals surface area contributed by atoms with Gasteiger partial charge in [0.1, 0.15) is 29.8 Å². The number of hydrogen-bond acceptors (Lipinski definition) is 6. The molecule has 1 aliphatic carbocycles. The van der Waals surface area contributed by atoms with Gasteiger partial charge in [0.05, 0.1) is 24.6 Å². The topological polar surface area (TPSA) is 78.5 Å². The van der Waals surface area contributed by atoms with Crippen LogP contribution in [0.2, 0.25) is 0 Å². The summed E-state index contributed by atoms with van der Waals surface area (Å²) >= 11 is 0. The highest BCUT2D eigenvalue weighted by molar-refractivity contribution is 5.97. The molecule has 168 valence electrons. The number of aliphatic imine (C=N–C) groups is 1. The van der Waals surface area contributed by atoms with E-state index in [9.17, 15) is 4.39 Å². The first-order valence-electron chi connectivity index (χ1n) is 10.9. The van der Waals surface area contributed by atoms with Crippen molar-refractivity contribution in [3.63, 3.8) is 0 Å². The van der Waals surface area contributed by atoms with Crippen molar-refractivity contribution >= 4 is 16.7 Å². The van der Waals surface area contributed by atoms with E-state index in [1.807, 2.05) is 35.9 Å². The fraction of sp³-hybridized carbons (Fsp3) is 0.292. The van der Waals surface area contributed by atoms with E-state index in [0.717, 1.165) is 40.7 Å². The van der Waals surface area contributed by atoms with E-state index in [1.165, 1.54) is 6.07 Å². The van der Waals surface area contributed by atoms with Crippen molar-refractivity contribution in [3.05, 3.63) is 71.8 Å². The van der Waals surface area contributed by atoms with Crippen molar-refractivity contribution in [1.82, 2.24) is 24.6 Å². The van der Waals surface area contributed by atoms with Gasteiger partial charge in [0.15, 0.2) is 5.84 Å². The van der Waals surface area contributed by atoms with Crippen molar-refractivity contribution in [2.75, 3.05) is 13.7 Å². The Balaban J connectivity index is 1.38. The van der Waals surface area contributed by atoms with E-state index in [0.29, 0.717) is 30.1 Å². The summed E-state index contributed by atoms with van der Waals surface area (Å²) in [5.74, 6) is 0.744. The van der Waals surface area contributed by atoms with Crippen LogP contribution in [0, 0.1) is 12.7 Å². The Morgan fingerprint density at radius 1 is 1.18 bits per heavy atom. The number of halogens is 1. The Bertz CT molecular complexity index is 1390. The van der Waals surface area contributed by atoms with E-state index in [1.54, 1.807) is 19.5 Å². The Hall–Kier alpha value is -3.72. The minimum atomic E-state index is -0.238. The minimum absolute atomic E-state index is 0.232. The highest BCUT2D eigenvalue weighted by atomic mass is 19.1. The number of methoxy groups -OCH3 is 1. The van der Waals surface area contributed by atoms with Crippen LogP contribution in [0.5, 0.6) is 5.88 Å². The van der Waals surface area contributed by atoms with E-state index >= 15 is 0 Å². The summed E-state index contributed by atoms with van der Waals surface area (Å²) in [5, 5.41) is 0.998. The molecule has 4 heterocycles. The van der Waals surface area contributed by atoms with Crippen LogP contribution >= 0.6 is 0 Å². The number of aromatic nitrogens is 4. The molecule has 6 rings (SSSR count). The fourth-order valence-electron chi connectivity index (χ4n) is 4.32. The van der Waals surface area contributed by atoms with E-state index in [2.05, 4.69) is 26.2 Å². The summed E-state index contributed by atoms with van der Waals surface area (Å²) in [4.78, 5) is 19.5. The zero-order chi connectivity index (χ0) is 22.5. The van der Waals surface area contributed by atoms with Crippen molar-refractivity contribution in [2.24, 2.45) is 4.99 Å². The Morgan fingerprint density at radius 3 is 2.82 bits per heavy atom. The van der Waals surface area contributed by atoms with Gasteiger partial charge in [-0.2, -0.15) is 0 Å². The number of rotatable bonds is 5. The summed E-state index contributed by atoms with van der Waals surface area (Å²) in [6.07, 6.45) is 7.96. The lowest BCUT2D eigenvalue weighted by Gasteiger charge is -2.22. The summed E-state index contributed by atoms with van der Waals surface area (Å²) in [6.45, 7) is 2.30. The third-order valence-corrected chi connectivity index (χ3v) is 6.09. The fourth-order valence-corrected chi connectivity index (χ4v) is 4.32. The molecule has 1 atom stereocenters. The summed E-state index contributed by atoms with van der Waals surface area (Å²) in [6, 6.07) is 8.91. The van der Waals surface area contributed by atoms with E-state index < -0.39 is 0 Å². The largest absolute Gasteiger partial charge is 0.479 e.